The van der Waals surface area contributed by atoms with E-state index in [4.69, 9.17) is 17.3 Å². The summed E-state index contributed by atoms with van der Waals surface area (Å²) in [4.78, 5) is 6.69. The number of nitrogens with one attached hydrogen (secondary N) is 1. The normalized spacial score (nSPS) is 16.6. The minimum absolute atomic E-state index is 0.296. The first-order chi connectivity index (χ1) is 9.65. The highest BCUT2D eigenvalue weighted by Crippen LogP contribution is 2.32. The van der Waals surface area contributed by atoms with Gasteiger partial charge in [0.25, 0.3) is 0 Å². The molecule has 106 valence electrons. The molecule has 0 bridgehead atoms. The van der Waals surface area contributed by atoms with Gasteiger partial charge >= 0.3 is 0 Å². The van der Waals surface area contributed by atoms with E-state index < -0.39 is 0 Å². The van der Waals surface area contributed by atoms with Crippen LogP contribution in [0.2, 0.25) is 5.02 Å². The number of H-pyrrole nitrogens is 1. The van der Waals surface area contributed by atoms with Gasteiger partial charge in [-0.05, 0) is 40.9 Å². The molecule has 0 atom stereocenters. The summed E-state index contributed by atoms with van der Waals surface area (Å²) < 4.78 is 0.846. The van der Waals surface area contributed by atoms with Crippen molar-refractivity contribution in [2.75, 3.05) is 18.0 Å². The fourth-order valence-corrected chi connectivity index (χ4v) is 2.88. The standard InChI is InChI=1S/C13H15BrClN5/c14-10-3-1-2-9(11(10)15)12-17-13(19-18-12)20-6-4-8(16)5-7-20/h1-3,8H,4-7,16H2,(H,17,18,19). The van der Waals surface area contributed by atoms with Gasteiger partial charge in [0.05, 0.1) is 5.02 Å². The Bertz CT molecular complexity index is 607. The molecule has 0 aliphatic carbocycles. The third kappa shape index (κ3) is 2.68. The molecule has 0 spiro atoms. The topological polar surface area (TPSA) is 70.8 Å². The molecule has 20 heavy (non-hydrogen) atoms. The van der Waals surface area contributed by atoms with Gasteiger partial charge in [-0.25, -0.2) is 0 Å². The molecule has 1 aliphatic rings. The van der Waals surface area contributed by atoms with Gasteiger partial charge in [0.1, 0.15) is 0 Å². The molecule has 0 saturated carbocycles. The van der Waals surface area contributed by atoms with Gasteiger partial charge in [0.2, 0.25) is 5.95 Å². The predicted octanol–water partition coefficient (Wildman–Crippen LogP) is 2.82. The highest BCUT2D eigenvalue weighted by Gasteiger charge is 2.20. The van der Waals surface area contributed by atoms with Crippen molar-refractivity contribution in [1.82, 2.24) is 15.2 Å². The van der Waals surface area contributed by atoms with Crippen molar-refractivity contribution in [1.29, 1.82) is 0 Å². The maximum atomic E-state index is 6.28. The molecule has 1 aromatic carbocycles. The number of aromatic nitrogens is 3. The smallest absolute Gasteiger partial charge is 0.245 e. The van der Waals surface area contributed by atoms with E-state index in [0.29, 0.717) is 22.8 Å². The molecule has 1 aliphatic heterocycles. The first kappa shape index (κ1) is 13.9. The Hall–Kier alpha value is -1.11. The van der Waals surface area contributed by atoms with E-state index in [2.05, 4.69) is 36.0 Å². The lowest BCUT2D eigenvalue weighted by atomic mass is 10.1. The summed E-state index contributed by atoms with van der Waals surface area (Å²) in [7, 11) is 0. The number of nitrogens with two attached hydrogens (primary N) is 1. The van der Waals surface area contributed by atoms with Gasteiger partial charge in [0.15, 0.2) is 5.82 Å². The molecular weight excluding hydrogens is 342 g/mol. The van der Waals surface area contributed by atoms with Crippen molar-refractivity contribution >= 4 is 33.5 Å². The Morgan fingerprint density at radius 3 is 2.85 bits per heavy atom. The highest BCUT2D eigenvalue weighted by molar-refractivity contribution is 9.10. The summed E-state index contributed by atoms with van der Waals surface area (Å²) >= 11 is 9.69. The van der Waals surface area contributed by atoms with E-state index in [9.17, 15) is 0 Å². The predicted molar refractivity (Wildman–Crippen MR) is 84.0 cm³/mol. The van der Waals surface area contributed by atoms with Gasteiger partial charge in [-0.2, -0.15) is 4.98 Å². The Kier molecular flexibility index (Phi) is 3.96. The molecule has 1 fully saturated rings. The van der Waals surface area contributed by atoms with Gasteiger partial charge in [0, 0.05) is 29.2 Å². The van der Waals surface area contributed by atoms with Crippen LogP contribution < -0.4 is 10.6 Å². The Labute approximate surface area is 130 Å². The number of hydrogen-bond acceptors (Lipinski definition) is 4. The van der Waals surface area contributed by atoms with Crippen molar-refractivity contribution in [2.24, 2.45) is 5.73 Å². The quantitative estimate of drug-likeness (QED) is 0.868. The first-order valence-corrected chi connectivity index (χ1v) is 7.69. The zero-order chi connectivity index (χ0) is 14.1. The van der Waals surface area contributed by atoms with Gasteiger partial charge in [-0.1, -0.05) is 17.7 Å². The number of rotatable bonds is 2. The van der Waals surface area contributed by atoms with E-state index in [1.54, 1.807) is 0 Å². The molecule has 7 heteroatoms. The molecule has 0 unspecified atom stereocenters. The minimum atomic E-state index is 0.296. The maximum absolute atomic E-state index is 6.28. The molecule has 3 rings (SSSR count). The number of piperidine rings is 1. The molecule has 1 saturated heterocycles. The largest absolute Gasteiger partial charge is 0.339 e. The van der Waals surface area contributed by atoms with Crippen LogP contribution in [-0.4, -0.2) is 34.3 Å². The van der Waals surface area contributed by atoms with Crippen molar-refractivity contribution in [3.8, 4) is 11.4 Å². The number of aromatic amines is 1. The van der Waals surface area contributed by atoms with E-state index in [-0.39, 0.29) is 0 Å². The molecule has 2 aromatic rings. The molecule has 3 N–H and O–H groups in total. The number of nitrogens with zero attached hydrogens (tertiary/aromatic N) is 3. The molecule has 2 heterocycles. The van der Waals surface area contributed by atoms with Crippen LogP contribution in [0.5, 0.6) is 0 Å². The number of halogens is 2. The first-order valence-electron chi connectivity index (χ1n) is 6.52. The third-order valence-electron chi connectivity index (χ3n) is 3.50. The van der Waals surface area contributed by atoms with Crippen LogP contribution in [0.1, 0.15) is 12.8 Å². The van der Waals surface area contributed by atoms with Crippen LogP contribution in [0, 0.1) is 0 Å². The van der Waals surface area contributed by atoms with Crippen LogP contribution in [0.3, 0.4) is 0 Å². The second-order valence-corrected chi connectivity index (χ2v) is 6.14. The van der Waals surface area contributed by atoms with Crippen LogP contribution in [-0.2, 0) is 0 Å². The van der Waals surface area contributed by atoms with Crippen LogP contribution >= 0.6 is 27.5 Å². The lowest BCUT2D eigenvalue weighted by Gasteiger charge is -2.28. The molecule has 1 aromatic heterocycles. The summed E-state index contributed by atoms with van der Waals surface area (Å²) in [6.45, 7) is 1.79. The number of anilines is 1. The van der Waals surface area contributed by atoms with Gasteiger partial charge in [-0.15, -0.1) is 5.10 Å². The summed E-state index contributed by atoms with van der Waals surface area (Å²) in [5, 5.41) is 7.88. The van der Waals surface area contributed by atoms with Crippen LogP contribution in [0.4, 0.5) is 5.95 Å². The van der Waals surface area contributed by atoms with Crippen molar-refractivity contribution in [3.63, 3.8) is 0 Å². The Morgan fingerprint density at radius 2 is 2.10 bits per heavy atom. The van der Waals surface area contributed by atoms with E-state index in [1.165, 1.54) is 0 Å². The average Bonchev–Trinajstić information content (AvgIpc) is 2.92. The highest BCUT2D eigenvalue weighted by atomic mass is 79.9. The summed E-state index contributed by atoms with van der Waals surface area (Å²) in [6, 6.07) is 6.04. The van der Waals surface area contributed by atoms with Crippen molar-refractivity contribution < 1.29 is 0 Å². The zero-order valence-corrected chi connectivity index (χ0v) is 13.2. The van der Waals surface area contributed by atoms with E-state index in [1.807, 2.05) is 18.2 Å². The second-order valence-electron chi connectivity index (χ2n) is 4.91. The molecular formula is C13H15BrClN5. The maximum Gasteiger partial charge on any atom is 0.245 e. The number of benzene rings is 1. The van der Waals surface area contributed by atoms with Crippen molar-refractivity contribution in [2.45, 2.75) is 18.9 Å². The monoisotopic (exact) mass is 355 g/mol. The SMILES string of the molecule is NC1CCN(c2n[nH]c(-c3cccc(Br)c3Cl)n2)CC1. The lowest BCUT2D eigenvalue weighted by molar-refractivity contribution is 0.496. The third-order valence-corrected chi connectivity index (χ3v) is 4.80. The Morgan fingerprint density at radius 1 is 1.35 bits per heavy atom. The summed E-state index contributed by atoms with van der Waals surface area (Å²) in [6.07, 6.45) is 1.95. The minimum Gasteiger partial charge on any atom is -0.339 e. The van der Waals surface area contributed by atoms with Crippen LogP contribution in [0.15, 0.2) is 22.7 Å². The summed E-state index contributed by atoms with van der Waals surface area (Å²) in [5.74, 6) is 1.39. The zero-order valence-electron chi connectivity index (χ0n) is 10.8. The van der Waals surface area contributed by atoms with Crippen molar-refractivity contribution in [3.05, 3.63) is 27.7 Å². The summed E-state index contributed by atoms with van der Waals surface area (Å²) in [5.41, 5.74) is 6.75. The fraction of sp³-hybridized carbons (Fsp3) is 0.385. The fourth-order valence-electron chi connectivity index (χ4n) is 2.30. The van der Waals surface area contributed by atoms with Crippen LogP contribution in [0.25, 0.3) is 11.4 Å². The molecule has 0 amide bonds. The van der Waals surface area contributed by atoms with Gasteiger partial charge < -0.3 is 10.6 Å². The molecule has 0 radical (unpaired) electrons. The lowest BCUT2D eigenvalue weighted by Crippen LogP contribution is -2.40. The average molecular weight is 357 g/mol. The number of hydrogen-bond donors (Lipinski definition) is 2. The van der Waals surface area contributed by atoms with Gasteiger partial charge in [-0.3, -0.25) is 5.10 Å². The Balaban J connectivity index is 1.85. The second kappa shape index (κ2) is 5.71. The molecule has 5 nitrogen and oxygen atoms in total. The van der Waals surface area contributed by atoms with E-state index in [0.717, 1.165) is 36.0 Å². The van der Waals surface area contributed by atoms with E-state index >= 15 is 0 Å².